The Hall–Kier alpha value is -0.700. The zero-order valence-corrected chi connectivity index (χ0v) is 11.2. The molecule has 1 N–H and O–H groups in total. The molecule has 1 aliphatic heterocycles. The molecule has 92 valence electrons. The monoisotopic (exact) mass is 271 g/mol. The van der Waals surface area contributed by atoms with E-state index in [1.165, 1.54) is 0 Å². The number of hydrogen-bond acceptors (Lipinski definition) is 2. The van der Waals surface area contributed by atoms with Gasteiger partial charge in [-0.15, -0.1) is 0 Å². The third kappa shape index (κ3) is 2.76. The van der Waals surface area contributed by atoms with E-state index in [1.54, 1.807) is 6.07 Å². The number of allylic oxidation sites excluding steroid dienone is 1. The Morgan fingerprint density at radius 3 is 2.82 bits per heavy atom. The minimum absolute atomic E-state index is 0.0264. The molecule has 0 saturated heterocycles. The van der Waals surface area contributed by atoms with Gasteiger partial charge in [0, 0.05) is 0 Å². The molecule has 1 aliphatic rings. The summed E-state index contributed by atoms with van der Waals surface area (Å²) in [5.41, 5.74) is 0.954. The number of nitrogens with one attached hydrogen (secondary N) is 1. The third-order valence-corrected chi connectivity index (χ3v) is 3.66. The van der Waals surface area contributed by atoms with Gasteiger partial charge in [0.25, 0.3) is 0 Å². The van der Waals surface area contributed by atoms with Crippen molar-refractivity contribution in [1.82, 2.24) is 5.32 Å². The molecule has 0 fully saturated rings. The van der Waals surface area contributed by atoms with Crippen LogP contribution in [0.1, 0.15) is 24.4 Å². The smallest absolute Gasteiger partial charge is 0.113 e. The lowest BCUT2D eigenvalue weighted by molar-refractivity contribution is 0.169. The van der Waals surface area contributed by atoms with Crippen molar-refractivity contribution in [2.75, 3.05) is 13.7 Å². The van der Waals surface area contributed by atoms with E-state index < -0.39 is 0 Å². The number of rotatable bonds is 3. The third-order valence-electron chi connectivity index (χ3n) is 2.83. The van der Waals surface area contributed by atoms with Crippen molar-refractivity contribution in [3.8, 4) is 0 Å². The van der Waals surface area contributed by atoms with Crippen LogP contribution in [0.15, 0.2) is 30.0 Å². The van der Waals surface area contributed by atoms with Gasteiger partial charge in [-0.25, -0.2) is 0 Å². The summed E-state index contributed by atoms with van der Waals surface area (Å²) >= 11 is 12.3. The predicted octanol–water partition coefficient (Wildman–Crippen LogP) is 3.95. The maximum atomic E-state index is 6.23. The lowest BCUT2D eigenvalue weighted by atomic mass is 10.0. The fourth-order valence-corrected chi connectivity index (χ4v) is 2.39. The molecule has 17 heavy (non-hydrogen) atoms. The summed E-state index contributed by atoms with van der Waals surface area (Å²) in [6, 6.07) is 5.63. The van der Waals surface area contributed by atoms with Crippen molar-refractivity contribution < 1.29 is 4.74 Å². The van der Waals surface area contributed by atoms with Crippen LogP contribution in [0.3, 0.4) is 0 Å². The Morgan fingerprint density at radius 1 is 1.35 bits per heavy atom. The van der Waals surface area contributed by atoms with E-state index in [1.807, 2.05) is 19.2 Å². The minimum Gasteiger partial charge on any atom is -0.496 e. The lowest BCUT2D eigenvalue weighted by Crippen LogP contribution is -2.22. The second kappa shape index (κ2) is 5.76. The van der Waals surface area contributed by atoms with E-state index in [0.29, 0.717) is 10.0 Å². The highest BCUT2D eigenvalue weighted by Crippen LogP contribution is 2.34. The Kier molecular flexibility index (Phi) is 4.32. The van der Waals surface area contributed by atoms with Crippen LogP contribution in [0.4, 0.5) is 0 Å². The first-order chi connectivity index (χ1) is 8.24. The van der Waals surface area contributed by atoms with Crippen LogP contribution in [0, 0.1) is 0 Å². The summed E-state index contributed by atoms with van der Waals surface area (Å²) < 4.78 is 5.68. The topological polar surface area (TPSA) is 21.3 Å². The summed E-state index contributed by atoms with van der Waals surface area (Å²) in [7, 11) is 1.89. The summed E-state index contributed by atoms with van der Waals surface area (Å²) in [4.78, 5) is 0. The van der Waals surface area contributed by atoms with Gasteiger partial charge in [0.1, 0.15) is 5.76 Å². The van der Waals surface area contributed by atoms with Gasteiger partial charge in [-0.3, -0.25) is 0 Å². The van der Waals surface area contributed by atoms with Crippen LogP contribution in [-0.4, -0.2) is 13.7 Å². The molecule has 1 aromatic rings. The van der Waals surface area contributed by atoms with Crippen LogP contribution in [0.5, 0.6) is 0 Å². The Balaban J connectivity index is 2.34. The molecule has 2 nitrogen and oxygen atoms in total. The number of halogens is 2. The number of likely N-dealkylation sites (N-methyl/N-ethyl adjacent to an activating group) is 1. The van der Waals surface area contributed by atoms with Crippen molar-refractivity contribution >= 4 is 23.2 Å². The van der Waals surface area contributed by atoms with Gasteiger partial charge >= 0.3 is 0 Å². The fraction of sp³-hybridized carbons (Fsp3) is 0.385. The number of benzene rings is 1. The number of hydrogen-bond donors (Lipinski definition) is 1. The summed E-state index contributed by atoms with van der Waals surface area (Å²) in [5, 5.41) is 4.38. The standard InChI is InChI=1S/C13H15Cl2NO/c1-16-13(11-7-2-3-8-17-11)9-5-4-6-10(14)12(9)15/h4-7,13,16H,2-3,8H2,1H3. The quantitative estimate of drug-likeness (QED) is 0.899. The first-order valence-electron chi connectivity index (χ1n) is 5.68. The van der Waals surface area contributed by atoms with Crippen LogP contribution >= 0.6 is 23.2 Å². The molecular weight excluding hydrogens is 257 g/mol. The van der Waals surface area contributed by atoms with Gasteiger partial charge in [0.2, 0.25) is 0 Å². The molecule has 1 atom stereocenters. The molecule has 4 heteroatoms. The van der Waals surface area contributed by atoms with Gasteiger partial charge < -0.3 is 10.1 Å². The van der Waals surface area contributed by atoms with E-state index in [4.69, 9.17) is 27.9 Å². The van der Waals surface area contributed by atoms with Crippen LogP contribution in [0.25, 0.3) is 0 Å². The van der Waals surface area contributed by atoms with Crippen molar-refractivity contribution in [2.45, 2.75) is 18.9 Å². The lowest BCUT2D eigenvalue weighted by Gasteiger charge is -2.24. The molecule has 1 unspecified atom stereocenters. The van der Waals surface area contributed by atoms with E-state index in [-0.39, 0.29) is 6.04 Å². The molecule has 0 aliphatic carbocycles. The minimum atomic E-state index is -0.0264. The Morgan fingerprint density at radius 2 is 2.18 bits per heavy atom. The summed E-state index contributed by atoms with van der Waals surface area (Å²) in [6.45, 7) is 0.766. The Bertz CT molecular complexity index is 431. The maximum Gasteiger partial charge on any atom is 0.113 e. The highest BCUT2D eigenvalue weighted by Gasteiger charge is 2.21. The first-order valence-corrected chi connectivity index (χ1v) is 6.43. The molecule has 0 aromatic heterocycles. The highest BCUT2D eigenvalue weighted by atomic mass is 35.5. The van der Waals surface area contributed by atoms with Gasteiger partial charge in [0.05, 0.1) is 22.7 Å². The average Bonchev–Trinajstić information content (AvgIpc) is 2.37. The van der Waals surface area contributed by atoms with Crippen molar-refractivity contribution in [1.29, 1.82) is 0 Å². The van der Waals surface area contributed by atoms with Crippen LogP contribution < -0.4 is 5.32 Å². The molecule has 0 saturated carbocycles. The second-order valence-electron chi connectivity index (χ2n) is 3.96. The predicted molar refractivity (Wildman–Crippen MR) is 71.5 cm³/mol. The van der Waals surface area contributed by atoms with Crippen molar-refractivity contribution in [2.24, 2.45) is 0 Å². The first kappa shape index (κ1) is 12.7. The zero-order valence-electron chi connectivity index (χ0n) is 9.67. The normalized spacial score (nSPS) is 17.2. The van der Waals surface area contributed by atoms with E-state index in [0.717, 1.165) is 30.8 Å². The SMILES string of the molecule is CNC(C1=CCCCO1)c1cccc(Cl)c1Cl. The molecular formula is C13H15Cl2NO. The van der Waals surface area contributed by atoms with E-state index in [2.05, 4.69) is 11.4 Å². The molecule has 1 heterocycles. The molecule has 0 amide bonds. The fourth-order valence-electron chi connectivity index (χ4n) is 1.97. The second-order valence-corrected chi connectivity index (χ2v) is 4.75. The van der Waals surface area contributed by atoms with Gasteiger partial charge in [-0.05, 0) is 37.6 Å². The molecule has 0 spiro atoms. The van der Waals surface area contributed by atoms with E-state index in [9.17, 15) is 0 Å². The maximum absolute atomic E-state index is 6.23. The highest BCUT2D eigenvalue weighted by molar-refractivity contribution is 6.42. The zero-order chi connectivity index (χ0) is 12.3. The molecule has 0 radical (unpaired) electrons. The van der Waals surface area contributed by atoms with Crippen LogP contribution in [0.2, 0.25) is 10.0 Å². The average molecular weight is 272 g/mol. The molecule has 0 bridgehead atoms. The summed E-state index contributed by atoms with van der Waals surface area (Å²) in [6.07, 6.45) is 4.23. The van der Waals surface area contributed by atoms with Gasteiger partial charge in [0.15, 0.2) is 0 Å². The van der Waals surface area contributed by atoms with Crippen molar-refractivity contribution in [3.05, 3.63) is 45.6 Å². The Labute approximate surface area is 112 Å². The molecule has 1 aromatic carbocycles. The van der Waals surface area contributed by atoms with Gasteiger partial charge in [-0.2, -0.15) is 0 Å². The molecule has 2 rings (SSSR count). The van der Waals surface area contributed by atoms with Crippen molar-refractivity contribution in [3.63, 3.8) is 0 Å². The van der Waals surface area contributed by atoms with Gasteiger partial charge in [-0.1, -0.05) is 35.3 Å². The van der Waals surface area contributed by atoms with E-state index >= 15 is 0 Å². The largest absolute Gasteiger partial charge is 0.496 e. The summed E-state index contributed by atoms with van der Waals surface area (Å²) in [5.74, 6) is 0.933. The number of ether oxygens (including phenoxy) is 1. The van der Waals surface area contributed by atoms with Crippen LogP contribution in [-0.2, 0) is 4.74 Å².